The summed E-state index contributed by atoms with van der Waals surface area (Å²) in [5.41, 5.74) is 0. The maximum absolute atomic E-state index is 12.9. The van der Waals surface area contributed by atoms with Crippen LogP contribution >= 0.6 is 7.82 Å². The molecule has 2 unspecified atom stereocenters. The maximum atomic E-state index is 12.9. The minimum atomic E-state index is -4.63. The molecule has 0 bridgehead atoms. The standard InChI is InChI=1S/C70H140NO8P/c1-6-8-10-12-14-16-18-20-22-24-26-28-30-31-32-33-34-35-36-37-38-39-40-41-43-45-47-49-51-53-55-57-59-61-63-70(73)79-68(67-78-80(74,75)77-65-64-71(3,4)5)66-76-69(72)62-60-58-56-54-52-50-48-46-44-42-29-27-25-23-21-19-17-15-13-11-9-7-2/h68H,6-67H2,1-5H3. The van der Waals surface area contributed by atoms with Gasteiger partial charge in [-0.3, -0.25) is 14.2 Å². The molecular weight excluding hydrogens is 1010 g/mol. The molecule has 9 nitrogen and oxygen atoms in total. The fraction of sp³-hybridized carbons (Fsp3) is 0.971. The molecule has 0 radical (unpaired) electrons. The predicted octanol–water partition coefficient (Wildman–Crippen LogP) is 22.3. The molecule has 10 heteroatoms. The van der Waals surface area contributed by atoms with Crippen LogP contribution in [0.25, 0.3) is 0 Å². The number of rotatable bonds is 68. The number of hydrogen-bond acceptors (Lipinski definition) is 8. The lowest BCUT2D eigenvalue weighted by molar-refractivity contribution is -0.870. The Balaban J connectivity index is 3.93. The largest absolute Gasteiger partial charge is 0.756 e. The van der Waals surface area contributed by atoms with E-state index in [9.17, 15) is 19.0 Å². The first-order valence-electron chi connectivity index (χ1n) is 35.7. The van der Waals surface area contributed by atoms with E-state index in [-0.39, 0.29) is 32.0 Å². The quantitative estimate of drug-likeness (QED) is 0.0256. The molecule has 0 heterocycles. The molecule has 0 amide bonds. The summed E-state index contributed by atoms with van der Waals surface area (Å²) in [6.45, 7) is 4.34. The minimum Gasteiger partial charge on any atom is -0.756 e. The Hall–Kier alpha value is -0.990. The number of nitrogens with zero attached hydrogens (tertiary/aromatic N) is 1. The zero-order chi connectivity index (χ0) is 58.4. The van der Waals surface area contributed by atoms with Crippen LogP contribution in [0.1, 0.15) is 386 Å². The van der Waals surface area contributed by atoms with Crippen LogP contribution in [0.4, 0.5) is 0 Å². The van der Waals surface area contributed by atoms with Crippen molar-refractivity contribution in [2.24, 2.45) is 0 Å². The number of phosphoric acid groups is 1. The third-order valence-corrected chi connectivity index (χ3v) is 17.6. The molecule has 0 aromatic rings. The number of esters is 2. The molecular formula is C70H140NO8P. The highest BCUT2D eigenvalue weighted by Crippen LogP contribution is 2.38. The molecule has 0 fully saturated rings. The summed E-state index contributed by atoms with van der Waals surface area (Å²) in [4.78, 5) is 38.0. The van der Waals surface area contributed by atoms with Gasteiger partial charge in [0.15, 0.2) is 6.10 Å². The Morgan fingerprint density at radius 2 is 0.562 bits per heavy atom. The number of hydrogen-bond donors (Lipinski definition) is 0. The number of carbonyl (C=O) groups is 2. The Kier molecular flexibility index (Phi) is 61.8. The summed E-state index contributed by atoms with van der Waals surface area (Å²) in [6.07, 6.45) is 74.9. The van der Waals surface area contributed by atoms with Crippen molar-refractivity contribution >= 4 is 19.8 Å². The first-order chi connectivity index (χ1) is 39.0. The lowest BCUT2D eigenvalue weighted by Gasteiger charge is -2.28. The van der Waals surface area contributed by atoms with Gasteiger partial charge in [0.05, 0.1) is 27.7 Å². The summed E-state index contributed by atoms with van der Waals surface area (Å²) >= 11 is 0. The van der Waals surface area contributed by atoms with Crippen molar-refractivity contribution in [1.82, 2.24) is 0 Å². The molecule has 0 saturated carbocycles. The van der Waals surface area contributed by atoms with Crippen molar-refractivity contribution in [3.63, 3.8) is 0 Å². The topological polar surface area (TPSA) is 111 Å². The Morgan fingerprint density at radius 1 is 0.338 bits per heavy atom. The van der Waals surface area contributed by atoms with E-state index >= 15 is 0 Å². The van der Waals surface area contributed by atoms with E-state index in [1.54, 1.807) is 0 Å². The second-order valence-corrected chi connectivity index (χ2v) is 27.4. The van der Waals surface area contributed by atoms with Crippen molar-refractivity contribution in [3.05, 3.63) is 0 Å². The average Bonchev–Trinajstić information content (AvgIpc) is 3.42. The molecule has 0 aliphatic heterocycles. The highest BCUT2D eigenvalue weighted by atomic mass is 31.2. The summed E-state index contributed by atoms with van der Waals surface area (Å²) in [6, 6.07) is 0. The molecule has 0 saturated heterocycles. The van der Waals surface area contributed by atoms with Crippen molar-refractivity contribution in [3.8, 4) is 0 Å². The predicted molar refractivity (Wildman–Crippen MR) is 342 cm³/mol. The lowest BCUT2D eigenvalue weighted by Crippen LogP contribution is -2.37. The molecule has 80 heavy (non-hydrogen) atoms. The van der Waals surface area contributed by atoms with Crippen LogP contribution in [0.15, 0.2) is 0 Å². The van der Waals surface area contributed by atoms with Gasteiger partial charge in [0.2, 0.25) is 0 Å². The third kappa shape index (κ3) is 66.2. The van der Waals surface area contributed by atoms with Gasteiger partial charge < -0.3 is 27.9 Å². The molecule has 0 N–H and O–H groups in total. The molecule has 0 spiro atoms. The zero-order valence-electron chi connectivity index (χ0n) is 54.6. The van der Waals surface area contributed by atoms with Gasteiger partial charge in [-0.25, -0.2) is 0 Å². The maximum Gasteiger partial charge on any atom is 0.306 e. The van der Waals surface area contributed by atoms with Crippen LogP contribution < -0.4 is 4.89 Å². The Morgan fingerprint density at radius 3 is 0.800 bits per heavy atom. The summed E-state index contributed by atoms with van der Waals surface area (Å²) in [5, 5.41) is 0. The molecule has 2 atom stereocenters. The summed E-state index contributed by atoms with van der Waals surface area (Å²) in [5.74, 6) is -0.804. The van der Waals surface area contributed by atoms with Crippen molar-refractivity contribution in [2.75, 3.05) is 47.5 Å². The van der Waals surface area contributed by atoms with E-state index in [0.29, 0.717) is 17.4 Å². The van der Waals surface area contributed by atoms with Gasteiger partial charge in [-0.1, -0.05) is 361 Å². The number of unbranched alkanes of at least 4 members (excludes halogenated alkanes) is 54. The van der Waals surface area contributed by atoms with E-state index in [2.05, 4.69) is 13.8 Å². The van der Waals surface area contributed by atoms with E-state index in [1.807, 2.05) is 21.1 Å². The van der Waals surface area contributed by atoms with Crippen LogP contribution in [0.3, 0.4) is 0 Å². The molecule has 478 valence electrons. The number of phosphoric ester groups is 1. The average molecular weight is 1150 g/mol. The second-order valence-electron chi connectivity index (χ2n) is 26.0. The molecule has 0 rings (SSSR count). The number of carbonyl (C=O) groups excluding carboxylic acids is 2. The van der Waals surface area contributed by atoms with E-state index < -0.39 is 26.5 Å². The molecule has 0 aromatic heterocycles. The van der Waals surface area contributed by atoms with Gasteiger partial charge in [0.25, 0.3) is 7.82 Å². The van der Waals surface area contributed by atoms with E-state index in [0.717, 1.165) is 32.1 Å². The summed E-state index contributed by atoms with van der Waals surface area (Å²) < 4.78 is 34.3. The second kappa shape index (κ2) is 62.5. The zero-order valence-corrected chi connectivity index (χ0v) is 55.5. The van der Waals surface area contributed by atoms with E-state index in [4.69, 9.17) is 18.5 Å². The third-order valence-electron chi connectivity index (χ3n) is 16.6. The van der Waals surface area contributed by atoms with Crippen LogP contribution in [-0.4, -0.2) is 70.0 Å². The molecule has 0 aliphatic rings. The number of quaternary nitrogens is 1. The highest BCUT2D eigenvalue weighted by Gasteiger charge is 2.22. The van der Waals surface area contributed by atoms with Crippen molar-refractivity contribution < 1.29 is 42.1 Å². The van der Waals surface area contributed by atoms with Gasteiger partial charge in [-0.15, -0.1) is 0 Å². The normalized spacial score (nSPS) is 13.0. The van der Waals surface area contributed by atoms with Crippen molar-refractivity contribution in [1.29, 1.82) is 0 Å². The van der Waals surface area contributed by atoms with Crippen LogP contribution in [0.5, 0.6) is 0 Å². The van der Waals surface area contributed by atoms with Gasteiger partial charge in [0, 0.05) is 12.8 Å². The lowest BCUT2D eigenvalue weighted by atomic mass is 10.0. The number of ether oxygens (including phenoxy) is 2. The fourth-order valence-electron chi connectivity index (χ4n) is 11.1. The van der Waals surface area contributed by atoms with Crippen LogP contribution in [-0.2, 0) is 32.7 Å². The number of likely N-dealkylation sites (N-methyl/N-ethyl adjacent to an activating group) is 1. The van der Waals surface area contributed by atoms with Crippen LogP contribution in [0.2, 0.25) is 0 Å². The molecule has 0 aliphatic carbocycles. The summed E-state index contributed by atoms with van der Waals surface area (Å²) in [7, 11) is 1.20. The fourth-order valence-corrected chi connectivity index (χ4v) is 11.9. The Bertz CT molecular complexity index is 1310. The van der Waals surface area contributed by atoms with Gasteiger partial charge in [-0.2, -0.15) is 0 Å². The van der Waals surface area contributed by atoms with E-state index in [1.165, 1.54) is 321 Å². The van der Waals surface area contributed by atoms with Gasteiger partial charge in [-0.05, 0) is 12.8 Å². The SMILES string of the molecule is CCCCCCCCCCCCCCCCCCCCCCCCCCCCCCCCCCCCC(=O)OC(COC(=O)CCCCCCCCCCCCCCCCCCCCCCCC)COP(=O)([O-])OCC[N+](C)(C)C. The van der Waals surface area contributed by atoms with Gasteiger partial charge in [0.1, 0.15) is 19.8 Å². The molecule has 0 aromatic carbocycles. The smallest absolute Gasteiger partial charge is 0.306 e. The highest BCUT2D eigenvalue weighted by molar-refractivity contribution is 7.45. The van der Waals surface area contributed by atoms with Crippen LogP contribution in [0, 0.1) is 0 Å². The first kappa shape index (κ1) is 79.0. The first-order valence-corrected chi connectivity index (χ1v) is 37.2. The van der Waals surface area contributed by atoms with Gasteiger partial charge >= 0.3 is 11.9 Å². The Labute approximate surface area is 499 Å². The minimum absolute atomic E-state index is 0.0248. The monoisotopic (exact) mass is 1150 g/mol. The van der Waals surface area contributed by atoms with Crippen molar-refractivity contribution in [2.45, 2.75) is 392 Å².